The molecule has 1 aliphatic rings. The van der Waals surface area contributed by atoms with E-state index in [-0.39, 0.29) is 12.1 Å². The number of ether oxygens (including phenoxy) is 1. The van der Waals surface area contributed by atoms with Gasteiger partial charge in [-0.15, -0.1) is 0 Å². The average molecular weight is 271 g/mol. The summed E-state index contributed by atoms with van der Waals surface area (Å²) < 4.78 is 5.27. The summed E-state index contributed by atoms with van der Waals surface area (Å²) in [4.78, 5) is 14.0. The summed E-state index contributed by atoms with van der Waals surface area (Å²) in [5.41, 5.74) is -0.441. The molecule has 2 N–H and O–H groups in total. The van der Waals surface area contributed by atoms with Gasteiger partial charge in [-0.3, -0.25) is 0 Å². The zero-order valence-electron chi connectivity index (χ0n) is 13.0. The van der Waals surface area contributed by atoms with Gasteiger partial charge in [0.15, 0.2) is 0 Å². The Kier molecular flexibility index (Phi) is 6.07. The number of nitrogens with zero attached hydrogens (tertiary/aromatic N) is 1. The number of rotatable bonds is 5. The van der Waals surface area contributed by atoms with Gasteiger partial charge in [-0.05, 0) is 47.2 Å². The zero-order valence-corrected chi connectivity index (χ0v) is 13.0. The van der Waals surface area contributed by atoms with Crippen molar-refractivity contribution in [2.75, 3.05) is 26.7 Å². The van der Waals surface area contributed by atoms with E-state index in [2.05, 4.69) is 29.5 Å². The Hall–Kier alpha value is -0.810. The fourth-order valence-corrected chi connectivity index (χ4v) is 2.18. The van der Waals surface area contributed by atoms with Gasteiger partial charge in [-0.25, -0.2) is 4.79 Å². The van der Waals surface area contributed by atoms with E-state index in [1.54, 1.807) is 0 Å². The molecule has 0 saturated carbocycles. The minimum absolute atomic E-state index is 0.126. The van der Waals surface area contributed by atoms with Crippen molar-refractivity contribution in [2.24, 2.45) is 0 Å². The second-order valence-electron chi connectivity index (χ2n) is 6.41. The summed E-state index contributed by atoms with van der Waals surface area (Å²) in [6.07, 6.45) is 1.75. The fourth-order valence-electron chi connectivity index (χ4n) is 2.18. The zero-order chi connectivity index (χ0) is 14.5. The predicted molar refractivity (Wildman–Crippen MR) is 77.4 cm³/mol. The summed E-state index contributed by atoms with van der Waals surface area (Å²) in [6.45, 7) is 10.7. The van der Waals surface area contributed by atoms with Gasteiger partial charge in [0.25, 0.3) is 0 Å². The molecule has 1 amide bonds. The van der Waals surface area contributed by atoms with Gasteiger partial charge in [0.2, 0.25) is 0 Å². The van der Waals surface area contributed by atoms with Crippen molar-refractivity contribution in [3.05, 3.63) is 0 Å². The van der Waals surface area contributed by atoms with Crippen molar-refractivity contribution in [2.45, 2.75) is 58.2 Å². The van der Waals surface area contributed by atoms with Crippen LogP contribution in [0.2, 0.25) is 0 Å². The van der Waals surface area contributed by atoms with E-state index in [1.807, 2.05) is 20.8 Å². The standard InChI is InChI=1S/C14H29N3O2/c1-6-11(16-13(18)19-14(2,3)4)9-15-12-7-8-17(5)10-12/h11-12,15H,6-10H2,1-5H3,(H,16,18). The van der Waals surface area contributed by atoms with Crippen molar-refractivity contribution in [1.29, 1.82) is 0 Å². The van der Waals surface area contributed by atoms with Crippen molar-refractivity contribution >= 4 is 6.09 Å². The van der Waals surface area contributed by atoms with Crippen LogP contribution in [0.3, 0.4) is 0 Å². The number of hydrogen-bond donors (Lipinski definition) is 2. The van der Waals surface area contributed by atoms with Crippen molar-refractivity contribution in [1.82, 2.24) is 15.5 Å². The van der Waals surface area contributed by atoms with Crippen LogP contribution in [0.1, 0.15) is 40.5 Å². The van der Waals surface area contributed by atoms with Crippen LogP contribution in [0.4, 0.5) is 4.79 Å². The van der Waals surface area contributed by atoms with E-state index in [4.69, 9.17) is 4.74 Å². The van der Waals surface area contributed by atoms with Crippen LogP contribution < -0.4 is 10.6 Å². The quantitative estimate of drug-likeness (QED) is 0.797. The third-order valence-corrected chi connectivity index (χ3v) is 3.26. The summed E-state index contributed by atoms with van der Waals surface area (Å²) >= 11 is 0. The summed E-state index contributed by atoms with van der Waals surface area (Å²) in [7, 11) is 2.14. The second kappa shape index (κ2) is 7.10. The Morgan fingerprint density at radius 3 is 2.63 bits per heavy atom. The highest BCUT2D eigenvalue weighted by Crippen LogP contribution is 2.08. The molecule has 1 saturated heterocycles. The fraction of sp³-hybridized carbons (Fsp3) is 0.929. The maximum Gasteiger partial charge on any atom is 0.407 e. The molecule has 0 aromatic rings. The van der Waals surface area contributed by atoms with Gasteiger partial charge < -0.3 is 20.3 Å². The third kappa shape index (κ3) is 6.78. The number of carbonyl (C=O) groups excluding carboxylic acids is 1. The molecule has 5 heteroatoms. The number of hydrogen-bond acceptors (Lipinski definition) is 4. The largest absolute Gasteiger partial charge is 0.444 e. The molecular formula is C14H29N3O2. The van der Waals surface area contributed by atoms with E-state index in [1.165, 1.54) is 6.42 Å². The van der Waals surface area contributed by atoms with E-state index < -0.39 is 5.60 Å². The van der Waals surface area contributed by atoms with E-state index in [9.17, 15) is 4.79 Å². The molecule has 19 heavy (non-hydrogen) atoms. The van der Waals surface area contributed by atoms with Crippen LogP contribution in [-0.2, 0) is 4.74 Å². The number of nitrogens with one attached hydrogen (secondary N) is 2. The molecule has 0 bridgehead atoms. The normalized spacial score (nSPS) is 22.3. The Balaban J connectivity index is 2.27. The first kappa shape index (κ1) is 16.2. The topological polar surface area (TPSA) is 53.6 Å². The average Bonchev–Trinajstić information content (AvgIpc) is 2.67. The van der Waals surface area contributed by atoms with Crippen LogP contribution in [0.15, 0.2) is 0 Å². The number of likely N-dealkylation sites (N-methyl/N-ethyl adjacent to an activating group) is 1. The molecule has 2 atom stereocenters. The lowest BCUT2D eigenvalue weighted by Gasteiger charge is -2.24. The van der Waals surface area contributed by atoms with Gasteiger partial charge in [-0.2, -0.15) is 0 Å². The van der Waals surface area contributed by atoms with Gasteiger partial charge in [0.1, 0.15) is 5.60 Å². The smallest absolute Gasteiger partial charge is 0.407 e. The highest BCUT2D eigenvalue weighted by Gasteiger charge is 2.22. The first-order valence-corrected chi connectivity index (χ1v) is 7.21. The number of likely N-dealkylation sites (tertiary alicyclic amines) is 1. The third-order valence-electron chi connectivity index (χ3n) is 3.26. The molecule has 2 unspecified atom stereocenters. The Bertz CT molecular complexity index is 289. The summed E-state index contributed by atoms with van der Waals surface area (Å²) in [5.74, 6) is 0. The number of carbonyl (C=O) groups is 1. The van der Waals surface area contributed by atoms with Crippen molar-refractivity contribution < 1.29 is 9.53 Å². The number of alkyl carbamates (subject to hydrolysis) is 1. The lowest BCUT2D eigenvalue weighted by molar-refractivity contribution is 0.0502. The maximum absolute atomic E-state index is 11.7. The highest BCUT2D eigenvalue weighted by atomic mass is 16.6. The molecular weight excluding hydrogens is 242 g/mol. The number of amides is 1. The van der Waals surface area contributed by atoms with Crippen LogP contribution in [-0.4, -0.2) is 55.4 Å². The molecule has 0 aromatic heterocycles. The first-order chi connectivity index (χ1) is 8.80. The van der Waals surface area contributed by atoms with Crippen LogP contribution in [0.25, 0.3) is 0 Å². The summed E-state index contributed by atoms with van der Waals surface area (Å²) in [6, 6.07) is 0.667. The van der Waals surface area contributed by atoms with Gasteiger partial charge in [0.05, 0.1) is 0 Å². The lowest BCUT2D eigenvalue weighted by atomic mass is 10.2. The van der Waals surface area contributed by atoms with Gasteiger partial charge >= 0.3 is 6.09 Å². The van der Waals surface area contributed by atoms with E-state index in [0.29, 0.717) is 6.04 Å². The van der Waals surface area contributed by atoms with Crippen LogP contribution in [0, 0.1) is 0 Å². The molecule has 0 aromatic carbocycles. The maximum atomic E-state index is 11.7. The van der Waals surface area contributed by atoms with Gasteiger partial charge in [0, 0.05) is 25.2 Å². The Morgan fingerprint density at radius 1 is 1.47 bits per heavy atom. The molecule has 1 fully saturated rings. The first-order valence-electron chi connectivity index (χ1n) is 7.21. The molecule has 112 valence electrons. The monoisotopic (exact) mass is 271 g/mol. The molecule has 1 rings (SSSR count). The van der Waals surface area contributed by atoms with Crippen LogP contribution >= 0.6 is 0 Å². The van der Waals surface area contributed by atoms with E-state index >= 15 is 0 Å². The van der Waals surface area contributed by atoms with Gasteiger partial charge in [-0.1, -0.05) is 6.92 Å². The molecule has 1 heterocycles. The van der Waals surface area contributed by atoms with Crippen molar-refractivity contribution in [3.63, 3.8) is 0 Å². The molecule has 0 aliphatic carbocycles. The Labute approximate surface area is 117 Å². The SMILES string of the molecule is CCC(CNC1CCN(C)C1)NC(=O)OC(C)(C)C. The Morgan fingerprint density at radius 2 is 2.16 bits per heavy atom. The predicted octanol–water partition coefficient (Wildman–Crippen LogP) is 1.58. The van der Waals surface area contributed by atoms with E-state index in [0.717, 1.165) is 26.1 Å². The molecule has 0 radical (unpaired) electrons. The molecule has 0 spiro atoms. The minimum atomic E-state index is -0.441. The minimum Gasteiger partial charge on any atom is -0.444 e. The lowest BCUT2D eigenvalue weighted by Crippen LogP contribution is -2.46. The molecule has 1 aliphatic heterocycles. The molecule has 5 nitrogen and oxygen atoms in total. The van der Waals surface area contributed by atoms with Crippen LogP contribution in [0.5, 0.6) is 0 Å². The van der Waals surface area contributed by atoms with Crippen molar-refractivity contribution in [3.8, 4) is 0 Å². The summed E-state index contributed by atoms with van der Waals surface area (Å²) in [5, 5.41) is 6.44. The highest BCUT2D eigenvalue weighted by molar-refractivity contribution is 5.68. The second-order valence-corrected chi connectivity index (χ2v) is 6.41.